The highest BCUT2D eigenvalue weighted by molar-refractivity contribution is 5.92. The maximum absolute atomic E-state index is 11.1. The molecule has 3 N–H and O–H groups in total. The largest absolute Gasteiger partial charge is 0.507 e. The molecule has 0 unspecified atom stereocenters. The highest BCUT2D eigenvalue weighted by atomic mass is 16.5. The minimum atomic E-state index is -1.15. The molecule has 1 aromatic rings. The molecule has 0 radical (unpaired) electrons. The first-order valence-electron chi connectivity index (χ1n) is 9.52. The Hall–Kier alpha value is -2.53. The summed E-state index contributed by atoms with van der Waals surface area (Å²) in [7, 11) is 0. The van der Waals surface area contributed by atoms with Crippen LogP contribution in [0.25, 0.3) is 0 Å². The summed E-state index contributed by atoms with van der Waals surface area (Å²) >= 11 is 0. The van der Waals surface area contributed by atoms with E-state index >= 15 is 0 Å². The summed E-state index contributed by atoms with van der Waals surface area (Å²) in [6.07, 6.45) is 10.1. The molecule has 5 heteroatoms. The molecular formula is C23H32O5. The number of aryl methyl sites for hydroxylation is 1. The van der Waals surface area contributed by atoms with E-state index in [0.717, 1.165) is 31.3 Å². The van der Waals surface area contributed by atoms with E-state index in [1.54, 1.807) is 13.0 Å². The molecule has 0 aliphatic carbocycles. The molecule has 0 aromatic heterocycles. The van der Waals surface area contributed by atoms with Gasteiger partial charge >= 0.3 is 5.97 Å². The number of carbonyl (C=O) groups is 1. The number of hydrogen-bond acceptors (Lipinski definition) is 4. The van der Waals surface area contributed by atoms with Gasteiger partial charge in [0.15, 0.2) is 0 Å². The summed E-state index contributed by atoms with van der Waals surface area (Å²) in [5.74, 6) is -0.982. The highest BCUT2D eigenvalue weighted by Crippen LogP contribution is 2.27. The average Bonchev–Trinajstić information content (AvgIpc) is 2.59. The average molecular weight is 389 g/mol. The van der Waals surface area contributed by atoms with Gasteiger partial charge in [0, 0.05) is 6.07 Å². The van der Waals surface area contributed by atoms with Crippen molar-refractivity contribution in [3.63, 3.8) is 0 Å². The molecule has 0 aliphatic heterocycles. The van der Waals surface area contributed by atoms with Gasteiger partial charge in [-0.05, 0) is 70.6 Å². The second-order valence-electron chi connectivity index (χ2n) is 7.14. The number of aromatic hydroxyl groups is 1. The maximum Gasteiger partial charge on any atom is 0.339 e. The van der Waals surface area contributed by atoms with Crippen LogP contribution in [0.1, 0.15) is 62.4 Å². The van der Waals surface area contributed by atoms with Gasteiger partial charge in [-0.15, -0.1) is 0 Å². The van der Waals surface area contributed by atoms with Crippen molar-refractivity contribution in [2.75, 3.05) is 13.2 Å². The van der Waals surface area contributed by atoms with Crippen molar-refractivity contribution in [2.45, 2.75) is 53.4 Å². The lowest BCUT2D eigenvalue weighted by atomic mass is 10.1. The molecular weight excluding hydrogens is 356 g/mol. The number of phenols is 1. The Morgan fingerprint density at radius 2 is 1.57 bits per heavy atom. The van der Waals surface area contributed by atoms with Gasteiger partial charge in [0.25, 0.3) is 0 Å². The highest BCUT2D eigenvalue weighted by Gasteiger charge is 2.14. The minimum absolute atomic E-state index is 0.0936. The summed E-state index contributed by atoms with van der Waals surface area (Å²) in [4.78, 5) is 11.1. The molecule has 0 bridgehead atoms. The van der Waals surface area contributed by atoms with E-state index in [4.69, 9.17) is 14.9 Å². The van der Waals surface area contributed by atoms with Gasteiger partial charge in [0.05, 0.1) is 6.61 Å². The first kappa shape index (κ1) is 23.5. The monoisotopic (exact) mass is 388 g/mol. The van der Waals surface area contributed by atoms with Gasteiger partial charge in [-0.3, -0.25) is 0 Å². The van der Waals surface area contributed by atoms with Crippen molar-refractivity contribution in [1.82, 2.24) is 0 Å². The van der Waals surface area contributed by atoms with Crippen molar-refractivity contribution in [2.24, 2.45) is 0 Å². The lowest BCUT2D eigenvalue weighted by molar-refractivity contribution is 0.0693. The zero-order valence-corrected chi connectivity index (χ0v) is 17.3. The van der Waals surface area contributed by atoms with Crippen LogP contribution < -0.4 is 4.74 Å². The lowest BCUT2D eigenvalue weighted by Gasteiger charge is -2.10. The number of benzene rings is 1. The van der Waals surface area contributed by atoms with E-state index in [1.807, 2.05) is 19.9 Å². The molecule has 0 fully saturated rings. The number of carboxylic acid groups (broad SMARTS) is 1. The zero-order chi connectivity index (χ0) is 21.1. The van der Waals surface area contributed by atoms with Gasteiger partial charge in [0.1, 0.15) is 23.7 Å². The van der Waals surface area contributed by atoms with Crippen molar-refractivity contribution >= 4 is 5.97 Å². The lowest BCUT2D eigenvalue weighted by Crippen LogP contribution is -2.03. The fraction of sp³-hybridized carbons (Fsp3) is 0.435. The van der Waals surface area contributed by atoms with Crippen LogP contribution in [-0.2, 0) is 0 Å². The van der Waals surface area contributed by atoms with E-state index in [0.29, 0.717) is 17.9 Å². The van der Waals surface area contributed by atoms with Crippen molar-refractivity contribution in [3.8, 4) is 11.5 Å². The topological polar surface area (TPSA) is 87.0 Å². The van der Waals surface area contributed by atoms with Gasteiger partial charge in [-0.2, -0.15) is 0 Å². The Balaban J connectivity index is 2.47. The molecule has 1 rings (SSSR count). The van der Waals surface area contributed by atoms with E-state index < -0.39 is 5.97 Å². The van der Waals surface area contributed by atoms with Crippen LogP contribution >= 0.6 is 0 Å². The molecule has 28 heavy (non-hydrogen) atoms. The van der Waals surface area contributed by atoms with Crippen molar-refractivity contribution in [3.05, 3.63) is 58.2 Å². The van der Waals surface area contributed by atoms with Crippen LogP contribution in [0.4, 0.5) is 0 Å². The number of aliphatic hydroxyl groups is 1. The van der Waals surface area contributed by atoms with Gasteiger partial charge < -0.3 is 20.1 Å². The number of aliphatic hydroxyl groups excluding tert-OH is 1. The molecule has 5 nitrogen and oxygen atoms in total. The van der Waals surface area contributed by atoms with Gasteiger partial charge in [-0.1, -0.05) is 29.4 Å². The SMILES string of the molecule is C/C(=C\CO)CC/C=C(\C)CC/C=C(\C)COc1cc(C)c(C(=O)O)c(O)c1. The molecule has 0 spiro atoms. The second-order valence-corrected chi connectivity index (χ2v) is 7.14. The number of ether oxygens (including phenoxy) is 1. The van der Waals surface area contributed by atoms with Crippen molar-refractivity contribution < 1.29 is 24.9 Å². The smallest absolute Gasteiger partial charge is 0.339 e. The van der Waals surface area contributed by atoms with Gasteiger partial charge in [0.2, 0.25) is 0 Å². The van der Waals surface area contributed by atoms with Crippen LogP contribution in [-0.4, -0.2) is 34.5 Å². The molecule has 1 aromatic carbocycles. The number of carboxylic acids is 1. The molecule has 0 heterocycles. The van der Waals surface area contributed by atoms with Crippen LogP contribution in [0.5, 0.6) is 11.5 Å². The fourth-order valence-corrected chi connectivity index (χ4v) is 2.81. The minimum Gasteiger partial charge on any atom is -0.507 e. The number of hydrogen-bond donors (Lipinski definition) is 3. The number of aromatic carboxylic acids is 1. The van der Waals surface area contributed by atoms with Crippen LogP contribution in [0.15, 0.2) is 47.1 Å². The molecule has 0 aliphatic rings. The zero-order valence-electron chi connectivity index (χ0n) is 17.3. The van der Waals surface area contributed by atoms with Crippen molar-refractivity contribution in [1.29, 1.82) is 0 Å². The predicted octanol–water partition coefficient (Wildman–Crippen LogP) is 5.17. The van der Waals surface area contributed by atoms with Crippen LogP contribution in [0.3, 0.4) is 0 Å². The summed E-state index contributed by atoms with van der Waals surface area (Å²) in [6.45, 7) is 8.26. The molecule has 0 atom stereocenters. The molecule has 0 saturated heterocycles. The third-order valence-electron chi connectivity index (χ3n) is 4.47. The summed E-state index contributed by atoms with van der Waals surface area (Å²) < 4.78 is 5.67. The van der Waals surface area contributed by atoms with E-state index in [-0.39, 0.29) is 17.9 Å². The standard InChI is InChI=1S/C23H32O5/c1-16(7-5-9-17(2)11-12-24)8-6-10-18(3)15-28-20-13-19(4)22(23(26)27)21(25)14-20/h7,10-11,13-14,24-25H,5-6,8-9,12,15H2,1-4H3,(H,26,27)/b16-7+,17-11+,18-10+. The normalized spacial score (nSPS) is 13.0. The summed E-state index contributed by atoms with van der Waals surface area (Å²) in [6, 6.07) is 2.96. The Bertz CT molecular complexity index is 733. The quantitative estimate of drug-likeness (QED) is 0.455. The third kappa shape index (κ3) is 8.44. The first-order chi connectivity index (χ1) is 13.2. The Morgan fingerprint density at radius 1 is 1.00 bits per heavy atom. The van der Waals surface area contributed by atoms with Gasteiger partial charge in [-0.25, -0.2) is 4.79 Å². The Morgan fingerprint density at radius 3 is 2.11 bits per heavy atom. The van der Waals surface area contributed by atoms with E-state index in [1.165, 1.54) is 17.2 Å². The molecule has 154 valence electrons. The predicted molar refractivity (Wildman–Crippen MR) is 112 cm³/mol. The number of rotatable bonds is 11. The van der Waals surface area contributed by atoms with E-state index in [2.05, 4.69) is 19.1 Å². The maximum atomic E-state index is 11.1. The number of allylic oxidation sites excluding steroid dienone is 4. The Labute approximate surface area is 167 Å². The van der Waals surface area contributed by atoms with Crippen LogP contribution in [0.2, 0.25) is 0 Å². The summed E-state index contributed by atoms with van der Waals surface area (Å²) in [5, 5.41) is 27.8. The molecule has 0 amide bonds. The molecule has 0 saturated carbocycles. The third-order valence-corrected chi connectivity index (χ3v) is 4.47. The van der Waals surface area contributed by atoms with E-state index in [9.17, 15) is 9.90 Å². The first-order valence-corrected chi connectivity index (χ1v) is 9.52. The Kier molecular flexibility index (Phi) is 10.1. The second kappa shape index (κ2) is 12.0. The van der Waals surface area contributed by atoms with Crippen LogP contribution in [0, 0.1) is 6.92 Å². The fourth-order valence-electron chi connectivity index (χ4n) is 2.81. The summed E-state index contributed by atoms with van der Waals surface area (Å²) in [5.41, 5.74) is 4.00.